The van der Waals surface area contributed by atoms with Crippen molar-refractivity contribution in [2.75, 3.05) is 0 Å². The van der Waals surface area contributed by atoms with E-state index in [1.54, 1.807) is 0 Å². The van der Waals surface area contributed by atoms with Gasteiger partial charge in [0.1, 0.15) is 10.9 Å². The van der Waals surface area contributed by atoms with E-state index in [1.165, 1.54) is 0 Å². The zero-order chi connectivity index (χ0) is 10.7. The smallest absolute Gasteiger partial charge is 0.314 e. The molecule has 0 bridgehead atoms. The van der Waals surface area contributed by atoms with Crippen LogP contribution >= 0.6 is 23.6 Å². The minimum Gasteiger partial charge on any atom is -0.481 e. The SMILES string of the molecule is O=C(O)CC(C(=O)O)c1n[nH]c(=S)s1. The summed E-state index contributed by atoms with van der Waals surface area (Å²) in [6.45, 7) is 0. The van der Waals surface area contributed by atoms with Gasteiger partial charge in [-0.3, -0.25) is 14.7 Å². The Bertz CT molecular complexity index is 410. The summed E-state index contributed by atoms with van der Waals surface area (Å²) in [5, 5.41) is 23.4. The van der Waals surface area contributed by atoms with Crippen molar-refractivity contribution in [2.24, 2.45) is 0 Å². The maximum absolute atomic E-state index is 10.7. The maximum Gasteiger partial charge on any atom is 0.314 e. The minimum atomic E-state index is -1.22. The maximum atomic E-state index is 10.7. The summed E-state index contributed by atoms with van der Waals surface area (Å²) in [5.74, 6) is -3.53. The van der Waals surface area contributed by atoms with Crippen molar-refractivity contribution in [2.45, 2.75) is 12.3 Å². The normalized spacial score (nSPS) is 12.3. The van der Waals surface area contributed by atoms with E-state index in [9.17, 15) is 9.59 Å². The molecule has 1 heterocycles. The predicted octanol–water partition coefficient (Wildman–Crippen LogP) is 0.844. The van der Waals surface area contributed by atoms with Gasteiger partial charge in [-0.2, -0.15) is 5.10 Å². The second-order valence-corrected chi connectivity index (χ2v) is 4.14. The molecular formula is C6H6N2O4S2. The Morgan fingerprint density at radius 3 is 2.57 bits per heavy atom. The standard InChI is InChI=1S/C6H6N2O4S2/c9-3(10)1-2(5(11)12)4-7-8-6(13)14-4/h2H,1H2,(H,8,13)(H,9,10)(H,11,12). The Morgan fingerprint density at radius 2 is 2.21 bits per heavy atom. The Kier molecular flexibility index (Phi) is 3.31. The van der Waals surface area contributed by atoms with E-state index in [4.69, 9.17) is 22.4 Å². The predicted molar refractivity (Wildman–Crippen MR) is 49.9 cm³/mol. The zero-order valence-electron chi connectivity index (χ0n) is 6.76. The third-order valence-electron chi connectivity index (χ3n) is 1.43. The molecule has 0 saturated heterocycles. The molecule has 76 valence electrons. The molecule has 0 aliphatic heterocycles. The monoisotopic (exact) mass is 234 g/mol. The molecule has 0 saturated carbocycles. The fraction of sp³-hybridized carbons (Fsp3) is 0.333. The van der Waals surface area contributed by atoms with Crippen LogP contribution in [0.2, 0.25) is 0 Å². The number of carboxylic acids is 2. The quantitative estimate of drug-likeness (QED) is 0.667. The first-order valence-corrected chi connectivity index (χ1v) is 4.73. The van der Waals surface area contributed by atoms with E-state index < -0.39 is 24.3 Å². The number of hydrogen-bond acceptors (Lipinski definition) is 5. The lowest BCUT2D eigenvalue weighted by Gasteiger charge is -2.03. The van der Waals surface area contributed by atoms with Crippen LogP contribution in [0.3, 0.4) is 0 Å². The zero-order valence-corrected chi connectivity index (χ0v) is 8.39. The Hall–Kier alpha value is -1.28. The fourth-order valence-electron chi connectivity index (χ4n) is 0.845. The molecule has 0 spiro atoms. The van der Waals surface area contributed by atoms with Gasteiger partial charge in [0, 0.05) is 0 Å². The van der Waals surface area contributed by atoms with Gasteiger partial charge in [-0.25, -0.2) is 0 Å². The van der Waals surface area contributed by atoms with Crippen molar-refractivity contribution in [3.8, 4) is 0 Å². The molecule has 3 N–H and O–H groups in total. The number of nitrogens with zero attached hydrogens (tertiary/aromatic N) is 1. The summed E-state index contributed by atoms with van der Waals surface area (Å²) < 4.78 is 0.330. The highest BCUT2D eigenvalue weighted by Gasteiger charge is 2.25. The van der Waals surface area contributed by atoms with Crippen LogP contribution in [-0.2, 0) is 9.59 Å². The summed E-state index contributed by atoms with van der Waals surface area (Å²) >= 11 is 5.68. The summed E-state index contributed by atoms with van der Waals surface area (Å²) in [6.07, 6.45) is -0.495. The molecule has 8 heteroatoms. The van der Waals surface area contributed by atoms with Gasteiger partial charge in [-0.1, -0.05) is 11.3 Å². The lowest BCUT2D eigenvalue weighted by Crippen LogP contribution is -2.15. The molecule has 0 aliphatic rings. The van der Waals surface area contributed by atoms with Crippen molar-refractivity contribution >= 4 is 35.5 Å². The van der Waals surface area contributed by atoms with E-state index in [0.29, 0.717) is 3.95 Å². The summed E-state index contributed by atoms with van der Waals surface area (Å²) in [7, 11) is 0. The van der Waals surface area contributed by atoms with Crippen LogP contribution in [0, 0.1) is 3.95 Å². The van der Waals surface area contributed by atoms with Crippen molar-refractivity contribution in [1.82, 2.24) is 10.2 Å². The molecule has 1 aromatic heterocycles. The number of nitrogens with one attached hydrogen (secondary N) is 1. The molecule has 1 unspecified atom stereocenters. The molecule has 1 aromatic rings. The molecule has 6 nitrogen and oxygen atoms in total. The molecule has 0 aromatic carbocycles. The molecule has 0 fully saturated rings. The molecule has 0 amide bonds. The van der Waals surface area contributed by atoms with Crippen molar-refractivity contribution < 1.29 is 19.8 Å². The van der Waals surface area contributed by atoms with Crippen LogP contribution in [0.5, 0.6) is 0 Å². The number of carbonyl (C=O) groups is 2. The lowest BCUT2D eigenvalue weighted by molar-refractivity contribution is -0.145. The number of aliphatic carboxylic acids is 2. The van der Waals surface area contributed by atoms with Crippen LogP contribution in [0.15, 0.2) is 0 Å². The van der Waals surface area contributed by atoms with Crippen LogP contribution in [0.25, 0.3) is 0 Å². The number of hydrogen-bond donors (Lipinski definition) is 3. The second-order valence-electron chi connectivity index (χ2n) is 2.44. The second kappa shape index (κ2) is 4.29. The van der Waals surface area contributed by atoms with Gasteiger partial charge >= 0.3 is 11.9 Å². The molecule has 1 atom stereocenters. The van der Waals surface area contributed by atoms with Gasteiger partial charge in [0.25, 0.3) is 0 Å². The fourth-order valence-corrected chi connectivity index (χ4v) is 1.85. The van der Waals surface area contributed by atoms with E-state index in [0.717, 1.165) is 11.3 Å². The highest BCUT2D eigenvalue weighted by Crippen LogP contribution is 2.21. The van der Waals surface area contributed by atoms with Crippen LogP contribution in [0.1, 0.15) is 17.3 Å². The first-order chi connectivity index (χ1) is 6.50. The summed E-state index contributed by atoms with van der Waals surface area (Å²) in [5.41, 5.74) is 0. The van der Waals surface area contributed by atoms with E-state index in [2.05, 4.69) is 10.2 Å². The third-order valence-corrected chi connectivity index (χ3v) is 2.63. The van der Waals surface area contributed by atoms with Gasteiger partial charge in [0.15, 0.2) is 3.95 Å². The van der Waals surface area contributed by atoms with E-state index in [-0.39, 0.29) is 5.01 Å². The molecule has 1 rings (SSSR count). The van der Waals surface area contributed by atoms with Gasteiger partial charge < -0.3 is 10.2 Å². The average molecular weight is 234 g/mol. The minimum absolute atomic E-state index is 0.185. The number of aromatic nitrogens is 2. The first kappa shape index (κ1) is 10.8. The lowest BCUT2D eigenvalue weighted by atomic mass is 10.1. The van der Waals surface area contributed by atoms with Gasteiger partial charge in [-0.15, -0.1) is 0 Å². The van der Waals surface area contributed by atoms with Crippen LogP contribution < -0.4 is 0 Å². The third kappa shape index (κ3) is 2.60. The van der Waals surface area contributed by atoms with Crippen LogP contribution in [0.4, 0.5) is 0 Å². The average Bonchev–Trinajstić information content (AvgIpc) is 2.46. The first-order valence-electron chi connectivity index (χ1n) is 3.50. The van der Waals surface area contributed by atoms with Crippen molar-refractivity contribution in [3.63, 3.8) is 0 Å². The highest BCUT2D eigenvalue weighted by atomic mass is 32.1. The molecule has 14 heavy (non-hydrogen) atoms. The van der Waals surface area contributed by atoms with Crippen molar-refractivity contribution in [3.05, 3.63) is 8.96 Å². The van der Waals surface area contributed by atoms with Crippen LogP contribution in [-0.4, -0.2) is 32.3 Å². The molecular weight excluding hydrogens is 228 g/mol. The summed E-state index contributed by atoms with van der Waals surface area (Å²) in [4.78, 5) is 21.1. The Morgan fingerprint density at radius 1 is 1.57 bits per heavy atom. The highest BCUT2D eigenvalue weighted by molar-refractivity contribution is 7.73. The number of H-pyrrole nitrogens is 1. The Balaban J connectivity index is 2.94. The summed E-state index contributed by atoms with van der Waals surface area (Å²) in [6, 6.07) is 0. The van der Waals surface area contributed by atoms with Crippen molar-refractivity contribution in [1.29, 1.82) is 0 Å². The topological polar surface area (TPSA) is 103 Å². The van der Waals surface area contributed by atoms with Gasteiger partial charge in [0.05, 0.1) is 6.42 Å². The van der Waals surface area contributed by atoms with E-state index in [1.807, 2.05) is 0 Å². The number of rotatable bonds is 4. The Labute approximate surface area is 87.2 Å². The van der Waals surface area contributed by atoms with E-state index >= 15 is 0 Å². The molecule has 0 radical (unpaired) electrons. The number of carboxylic acid groups (broad SMARTS) is 2. The largest absolute Gasteiger partial charge is 0.481 e. The number of aromatic amines is 1. The molecule has 0 aliphatic carbocycles. The van der Waals surface area contributed by atoms with Gasteiger partial charge in [0.2, 0.25) is 0 Å². The van der Waals surface area contributed by atoms with Gasteiger partial charge in [-0.05, 0) is 12.2 Å².